The molecule has 1 aromatic heterocycles. The fourth-order valence-electron chi connectivity index (χ4n) is 2.58. The molecule has 1 fully saturated rings. The Bertz CT molecular complexity index is 608. The van der Waals surface area contributed by atoms with Gasteiger partial charge in [0.15, 0.2) is 5.82 Å². The summed E-state index contributed by atoms with van der Waals surface area (Å²) in [5.41, 5.74) is 2.36. The molecule has 0 amide bonds. The molecular weight excluding hydrogens is 358 g/mol. The number of hydrazine groups is 1. The monoisotopic (exact) mass is 377 g/mol. The van der Waals surface area contributed by atoms with Crippen LogP contribution in [-0.4, -0.2) is 55.8 Å². The van der Waals surface area contributed by atoms with Crippen LogP contribution < -0.4 is 11.3 Å². The van der Waals surface area contributed by atoms with Crippen LogP contribution in [0.3, 0.4) is 0 Å². The second kappa shape index (κ2) is 6.57. The van der Waals surface area contributed by atoms with E-state index < -0.39 is 10.0 Å². The number of rotatable bonds is 5. The molecule has 21 heavy (non-hydrogen) atoms. The Hall–Kier alpha value is -0.740. The summed E-state index contributed by atoms with van der Waals surface area (Å²) in [6.45, 7) is 1.23. The van der Waals surface area contributed by atoms with Gasteiger partial charge in [-0.2, -0.15) is 4.31 Å². The van der Waals surface area contributed by atoms with Crippen molar-refractivity contribution in [2.75, 3.05) is 32.6 Å². The molecule has 9 heteroatoms. The summed E-state index contributed by atoms with van der Waals surface area (Å²) in [4.78, 5) is 6.12. The summed E-state index contributed by atoms with van der Waals surface area (Å²) in [6.07, 6.45) is 3.24. The maximum atomic E-state index is 12.9. The predicted molar refractivity (Wildman–Crippen MR) is 85.2 cm³/mol. The molecule has 118 valence electrons. The number of nitrogen functional groups attached to an aromatic ring is 1. The molecule has 0 bridgehead atoms. The summed E-state index contributed by atoms with van der Waals surface area (Å²) in [5, 5.41) is 0. The molecule has 1 saturated heterocycles. The van der Waals surface area contributed by atoms with Gasteiger partial charge in [0, 0.05) is 29.8 Å². The summed E-state index contributed by atoms with van der Waals surface area (Å²) >= 11 is 3.26. The van der Waals surface area contributed by atoms with E-state index >= 15 is 0 Å². The highest BCUT2D eigenvalue weighted by atomic mass is 79.9. The third-order valence-corrected chi connectivity index (χ3v) is 5.84. The van der Waals surface area contributed by atoms with E-state index in [0.29, 0.717) is 17.6 Å². The molecule has 0 aliphatic carbocycles. The van der Waals surface area contributed by atoms with Gasteiger partial charge in [-0.05, 0) is 48.9 Å². The first-order chi connectivity index (χ1) is 9.86. The average molecular weight is 378 g/mol. The van der Waals surface area contributed by atoms with Crippen LogP contribution in [0.25, 0.3) is 0 Å². The Labute approximate surface area is 133 Å². The van der Waals surface area contributed by atoms with Gasteiger partial charge in [-0.1, -0.05) is 0 Å². The Morgan fingerprint density at radius 2 is 2.29 bits per heavy atom. The zero-order valence-corrected chi connectivity index (χ0v) is 14.5. The van der Waals surface area contributed by atoms with Crippen molar-refractivity contribution in [3.8, 4) is 0 Å². The molecule has 7 nitrogen and oxygen atoms in total. The third-order valence-electron chi connectivity index (χ3n) is 3.44. The van der Waals surface area contributed by atoms with Gasteiger partial charge < -0.3 is 10.3 Å². The van der Waals surface area contributed by atoms with Crippen molar-refractivity contribution in [1.82, 2.24) is 14.2 Å². The molecular formula is C12H20BrN5O2S. The van der Waals surface area contributed by atoms with Crippen molar-refractivity contribution >= 4 is 31.8 Å². The van der Waals surface area contributed by atoms with Gasteiger partial charge >= 0.3 is 0 Å². The number of hydrogen-bond acceptors (Lipinski definition) is 6. The zero-order valence-electron chi connectivity index (χ0n) is 12.1. The SMILES string of the molecule is CN(C)CC1CCCN1S(=O)(=O)c1cc(Br)cnc1NN. The van der Waals surface area contributed by atoms with Crippen LogP contribution in [0.2, 0.25) is 0 Å². The number of halogens is 1. The van der Waals surface area contributed by atoms with Crippen LogP contribution in [0.4, 0.5) is 5.82 Å². The van der Waals surface area contributed by atoms with E-state index in [1.54, 1.807) is 4.31 Å². The Balaban J connectivity index is 2.39. The fraction of sp³-hybridized carbons (Fsp3) is 0.583. The normalized spacial score (nSPS) is 20.1. The molecule has 1 atom stereocenters. The highest BCUT2D eigenvalue weighted by molar-refractivity contribution is 9.10. The number of nitrogens with one attached hydrogen (secondary N) is 1. The van der Waals surface area contributed by atoms with Crippen LogP contribution in [-0.2, 0) is 10.0 Å². The summed E-state index contributed by atoms with van der Waals surface area (Å²) in [5.74, 6) is 5.55. The van der Waals surface area contributed by atoms with Gasteiger partial charge in [-0.15, -0.1) is 0 Å². The van der Waals surface area contributed by atoms with Gasteiger partial charge in [-0.3, -0.25) is 0 Å². The maximum absolute atomic E-state index is 12.9. The maximum Gasteiger partial charge on any atom is 0.247 e. The Morgan fingerprint density at radius 1 is 1.57 bits per heavy atom. The predicted octanol–water partition coefficient (Wildman–Crippen LogP) is 0.844. The zero-order chi connectivity index (χ0) is 15.6. The van der Waals surface area contributed by atoms with E-state index in [1.807, 2.05) is 19.0 Å². The quantitative estimate of drug-likeness (QED) is 0.583. The fourth-order valence-corrected chi connectivity index (χ4v) is 4.88. The summed E-state index contributed by atoms with van der Waals surface area (Å²) in [6, 6.07) is 1.51. The van der Waals surface area contributed by atoms with Gasteiger partial charge in [-0.25, -0.2) is 19.2 Å². The van der Waals surface area contributed by atoms with Crippen molar-refractivity contribution in [2.24, 2.45) is 5.84 Å². The van der Waals surface area contributed by atoms with E-state index in [2.05, 4.69) is 26.3 Å². The smallest absolute Gasteiger partial charge is 0.247 e. The molecule has 1 aliphatic rings. The van der Waals surface area contributed by atoms with Crippen LogP contribution in [0.5, 0.6) is 0 Å². The first-order valence-corrected chi connectivity index (χ1v) is 8.88. The van der Waals surface area contributed by atoms with Crippen molar-refractivity contribution in [3.63, 3.8) is 0 Å². The van der Waals surface area contributed by atoms with E-state index in [9.17, 15) is 8.42 Å². The molecule has 0 radical (unpaired) electrons. The second-order valence-electron chi connectivity index (χ2n) is 5.32. The number of nitrogens with zero attached hydrogens (tertiary/aromatic N) is 3. The third kappa shape index (κ3) is 3.54. The van der Waals surface area contributed by atoms with Gasteiger partial charge in [0.1, 0.15) is 4.90 Å². The molecule has 3 N–H and O–H groups in total. The van der Waals surface area contributed by atoms with Crippen LogP contribution in [0, 0.1) is 0 Å². The summed E-state index contributed by atoms with van der Waals surface area (Å²) in [7, 11) is 0.255. The lowest BCUT2D eigenvalue weighted by molar-refractivity contribution is 0.291. The molecule has 0 spiro atoms. The van der Waals surface area contributed by atoms with Gasteiger partial charge in [0.05, 0.1) is 0 Å². The number of anilines is 1. The van der Waals surface area contributed by atoms with Gasteiger partial charge in [0.2, 0.25) is 10.0 Å². The number of sulfonamides is 1. The largest absolute Gasteiger partial charge is 0.308 e. The lowest BCUT2D eigenvalue weighted by Gasteiger charge is -2.27. The molecule has 0 saturated carbocycles. The van der Waals surface area contributed by atoms with E-state index in [-0.39, 0.29) is 16.8 Å². The Morgan fingerprint density at radius 3 is 2.90 bits per heavy atom. The molecule has 1 unspecified atom stereocenters. The molecule has 1 aliphatic heterocycles. The molecule has 1 aromatic rings. The minimum Gasteiger partial charge on any atom is -0.308 e. The van der Waals surface area contributed by atoms with Crippen LogP contribution in [0.15, 0.2) is 21.6 Å². The standard InChI is InChI=1S/C12H20BrN5O2S/c1-17(2)8-10-4-3-5-18(10)21(19,20)11-6-9(13)7-15-12(11)16-14/h6-7,10H,3-5,8,14H2,1-2H3,(H,15,16). The van der Waals surface area contributed by atoms with Gasteiger partial charge in [0.25, 0.3) is 0 Å². The van der Waals surface area contributed by atoms with Crippen molar-refractivity contribution < 1.29 is 8.42 Å². The topological polar surface area (TPSA) is 91.6 Å². The molecule has 0 aromatic carbocycles. The average Bonchev–Trinajstić information content (AvgIpc) is 2.86. The van der Waals surface area contributed by atoms with Crippen molar-refractivity contribution in [3.05, 3.63) is 16.7 Å². The number of nitrogens with two attached hydrogens (primary N) is 1. The van der Waals surface area contributed by atoms with Crippen molar-refractivity contribution in [2.45, 2.75) is 23.8 Å². The minimum absolute atomic E-state index is 0.0189. The van der Waals surface area contributed by atoms with E-state index in [1.165, 1.54) is 12.3 Å². The number of aromatic nitrogens is 1. The number of likely N-dealkylation sites (N-methyl/N-ethyl adjacent to an activating group) is 1. The second-order valence-corrected chi connectivity index (χ2v) is 8.09. The lowest BCUT2D eigenvalue weighted by Crippen LogP contribution is -2.41. The molecule has 2 rings (SSSR count). The summed E-state index contributed by atoms with van der Waals surface area (Å²) < 4.78 is 28.0. The first-order valence-electron chi connectivity index (χ1n) is 6.65. The van der Waals surface area contributed by atoms with Crippen LogP contribution >= 0.6 is 15.9 Å². The highest BCUT2D eigenvalue weighted by Crippen LogP contribution is 2.30. The number of pyridine rings is 1. The van der Waals surface area contributed by atoms with Crippen LogP contribution in [0.1, 0.15) is 12.8 Å². The Kier molecular flexibility index (Phi) is 5.20. The minimum atomic E-state index is -3.63. The number of hydrogen-bond donors (Lipinski definition) is 2. The van der Waals surface area contributed by atoms with E-state index in [4.69, 9.17) is 5.84 Å². The lowest BCUT2D eigenvalue weighted by atomic mass is 10.2. The van der Waals surface area contributed by atoms with E-state index in [0.717, 1.165) is 12.8 Å². The highest BCUT2D eigenvalue weighted by Gasteiger charge is 2.37. The molecule has 2 heterocycles. The first kappa shape index (κ1) is 16.6. The van der Waals surface area contributed by atoms with Crippen molar-refractivity contribution in [1.29, 1.82) is 0 Å².